The molecular weight excluding hydrogens is 386 g/mol. The molecule has 0 fully saturated rings. The third-order valence-electron chi connectivity index (χ3n) is 3.93. The molecule has 2 aromatic heterocycles. The minimum atomic E-state index is -0.313. The molecule has 0 aliphatic rings. The first-order valence-corrected chi connectivity index (χ1v) is 8.32. The third-order valence-corrected chi connectivity index (χ3v) is 4.46. The summed E-state index contributed by atoms with van der Waals surface area (Å²) in [6.45, 7) is 1.69. The highest BCUT2D eigenvalue weighted by Crippen LogP contribution is 2.31. The van der Waals surface area contributed by atoms with Crippen molar-refractivity contribution in [2.24, 2.45) is 0 Å². The molecule has 0 atom stereocenters. The van der Waals surface area contributed by atoms with Crippen LogP contribution in [0.15, 0.2) is 61.9 Å². The quantitative estimate of drug-likeness (QED) is 0.486. The summed E-state index contributed by atoms with van der Waals surface area (Å²) < 4.78 is 11.8. The van der Waals surface area contributed by atoms with Crippen molar-refractivity contribution in [1.29, 1.82) is 0 Å². The zero-order valence-corrected chi connectivity index (χ0v) is 14.7. The molecule has 0 aliphatic heterocycles. The number of aromatic nitrogens is 1. The van der Waals surface area contributed by atoms with Crippen molar-refractivity contribution >= 4 is 32.7 Å². The van der Waals surface area contributed by atoms with Gasteiger partial charge < -0.3 is 14.0 Å². The van der Waals surface area contributed by atoms with E-state index in [1.165, 1.54) is 6.07 Å². The van der Waals surface area contributed by atoms with Gasteiger partial charge in [0.15, 0.2) is 5.76 Å². The Bertz CT molecular complexity index is 1090. The molecule has 2 aromatic carbocycles. The number of hydrogen-bond donors (Lipinski definition) is 1. The van der Waals surface area contributed by atoms with Gasteiger partial charge in [-0.05, 0) is 37.3 Å². The minimum absolute atomic E-state index is 0.0811. The van der Waals surface area contributed by atoms with Crippen LogP contribution in [-0.4, -0.2) is 16.0 Å². The number of carbonyl (C=O) groups excluding carboxylic acids is 1. The van der Waals surface area contributed by atoms with Gasteiger partial charge in [-0.3, -0.25) is 4.79 Å². The molecule has 0 spiro atoms. The van der Waals surface area contributed by atoms with Crippen molar-refractivity contribution in [3.05, 3.63) is 70.1 Å². The van der Waals surface area contributed by atoms with Gasteiger partial charge in [0.1, 0.15) is 22.8 Å². The van der Waals surface area contributed by atoms with E-state index in [9.17, 15) is 9.90 Å². The van der Waals surface area contributed by atoms with Gasteiger partial charge >= 0.3 is 0 Å². The normalized spacial score (nSPS) is 11.1. The molecule has 0 radical (unpaired) electrons. The molecule has 4 aromatic rings. The summed E-state index contributed by atoms with van der Waals surface area (Å²) in [5.41, 5.74) is 2.06. The topological polar surface area (TPSA) is 76.5 Å². The molecule has 1 N–H and O–H groups in total. The van der Waals surface area contributed by atoms with E-state index >= 15 is 0 Å². The fourth-order valence-corrected chi connectivity index (χ4v) is 2.96. The van der Waals surface area contributed by atoms with E-state index in [0.717, 1.165) is 15.4 Å². The average molecular weight is 398 g/mol. The number of benzene rings is 2. The van der Waals surface area contributed by atoms with Crippen molar-refractivity contribution < 1.29 is 18.8 Å². The second-order valence-electron chi connectivity index (χ2n) is 5.63. The number of furan rings is 1. The number of carbonyl (C=O) groups is 1. The lowest BCUT2D eigenvalue weighted by Crippen LogP contribution is -2.02. The molecular formula is C19H12BrNO4. The smallest absolute Gasteiger partial charge is 0.234 e. The van der Waals surface area contributed by atoms with Crippen LogP contribution in [0.4, 0.5) is 0 Å². The Morgan fingerprint density at radius 1 is 1.12 bits per heavy atom. The maximum absolute atomic E-state index is 13.0. The zero-order valence-electron chi connectivity index (χ0n) is 13.1. The highest BCUT2D eigenvalue weighted by atomic mass is 79.9. The Hall–Kier alpha value is -2.86. The van der Waals surface area contributed by atoms with Crippen LogP contribution < -0.4 is 0 Å². The van der Waals surface area contributed by atoms with Gasteiger partial charge in [-0.25, -0.2) is 0 Å². The highest BCUT2D eigenvalue weighted by Gasteiger charge is 2.25. The summed E-state index contributed by atoms with van der Waals surface area (Å²) in [5, 5.41) is 14.3. The number of phenols is 1. The first-order valence-electron chi connectivity index (χ1n) is 7.52. The molecule has 0 unspecified atom stereocenters. The van der Waals surface area contributed by atoms with Crippen LogP contribution in [0.3, 0.4) is 0 Å². The zero-order chi connectivity index (χ0) is 17.6. The molecule has 0 saturated heterocycles. The number of halogens is 1. The fourth-order valence-electron chi connectivity index (χ4n) is 2.70. The van der Waals surface area contributed by atoms with Gasteiger partial charge in [0.05, 0.1) is 5.56 Å². The van der Waals surface area contributed by atoms with Crippen LogP contribution >= 0.6 is 15.9 Å². The molecule has 5 nitrogen and oxygen atoms in total. The first kappa shape index (κ1) is 15.7. The van der Waals surface area contributed by atoms with Gasteiger partial charge in [0.2, 0.25) is 5.78 Å². The SMILES string of the molecule is Cc1onc(-c2ccc(Br)cc2)c1C(=O)c1cc2ccc(O)cc2o1. The largest absolute Gasteiger partial charge is 0.508 e. The van der Waals surface area contributed by atoms with Gasteiger partial charge in [-0.1, -0.05) is 33.2 Å². The Labute approximate surface area is 151 Å². The number of aryl methyl sites for hydroxylation is 1. The molecule has 6 heteroatoms. The number of fused-ring (bicyclic) bond motifs is 1. The van der Waals surface area contributed by atoms with Gasteiger partial charge in [-0.15, -0.1) is 0 Å². The molecule has 2 heterocycles. The average Bonchev–Trinajstić information content (AvgIpc) is 3.18. The predicted octanol–water partition coefficient (Wildman–Crippen LogP) is 5.10. The van der Waals surface area contributed by atoms with Crippen molar-refractivity contribution in [3.8, 4) is 17.0 Å². The summed E-state index contributed by atoms with van der Waals surface area (Å²) in [7, 11) is 0. The minimum Gasteiger partial charge on any atom is -0.508 e. The Kier molecular flexibility index (Phi) is 3.69. The molecule has 0 saturated carbocycles. The van der Waals surface area contributed by atoms with Crippen molar-refractivity contribution in [2.45, 2.75) is 6.92 Å². The van der Waals surface area contributed by atoms with E-state index in [2.05, 4.69) is 21.1 Å². The molecule has 124 valence electrons. The summed E-state index contributed by atoms with van der Waals surface area (Å²) in [6, 6.07) is 13.8. The van der Waals surface area contributed by atoms with E-state index in [0.29, 0.717) is 22.6 Å². The van der Waals surface area contributed by atoms with Crippen LogP contribution in [-0.2, 0) is 0 Å². The van der Waals surface area contributed by atoms with Gasteiger partial charge in [-0.2, -0.15) is 0 Å². The standard InChI is InChI=1S/C19H12BrNO4/c1-10-17(18(21-25-10)11-2-5-13(20)6-3-11)19(23)16-8-12-4-7-14(22)9-15(12)24-16/h2-9,22H,1H3. The van der Waals surface area contributed by atoms with E-state index in [1.54, 1.807) is 25.1 Å². The number of ketones is 1. The second-order valence-corrected chi connectivity index (χ2v) is 6.55. The molecule has 0 amide bonds. The fraction of sp³-hybridized carbons (Fsp3) is 0.0526. The van der Waals surface area contributed by atoms with Crippen LogP contribution in [0, 0.1) is 6.92 Å². The Morgan fingerprint density at radius 3 is 2.64 bits per heavy atom. The van der Waals surface area contributed by atoms with Gasteiger partial charge in [0, 0.05) is 21.5 Å². The van der Waals surface area contributed by atoms with Crippen LogP contribution in [0.2, 0.25) is 0 Å². The van der Waals surface area contributed by atoms with Crippen molar-refractivity contribution in [3.63, 3.8) is 0 Å². The number of nitrogens with zero attached hydrogens (tertiary/aromatic N) is 1. The molecule has 4 rings (SSSR count). The number of phenolic OH excluding ortho intramolecular Hbond substituents is 1. The number of hydrogen-bond acceptors (Lipinski definition) is 5. The predicted molar refractivity (Wildman–Crippen MR) is 95.7 cm³/mol. The van der Waals surface area contributed by atoms with Crippen LogP contribution in [0.5, 0.6) is 5.75 Å². The monoisotopic (exact) mass is 397 g/mol. The van der Waals surface area contributed by atoms with Crippen LogP contribution in [0.25, 0.3) is 22.2 Å². The molecule has 0 bridgehead atoms. The maximum Gasteiger partial charge on any atom is 0.234 e. The van der Waals surface area contributed by atoms with Crippen molar-refractivity contribution in [1.82, 2.24) is 5.16 Å². The van der Waals surface area contributed by atoms with E-state index in [4.69, 9.17) is 8.94 Å². The lowest BCUT2D eigenvalue weighted by molar-refractivity contribution is 0.101. The highest BCUT2D eigenvalue weighted by molar-refractivity contribution is 9.10. The summed E-state index contributed by atoms with van der Waals surface area (Å²) >= 11 is 3.39. The first-order chi connectivity index (χ1) is 12.0. The Morgan fingerprint density at radius 2 is 1.88 bits per heavy atom. The van der Waals surface area contributed by atoms with E-state index < -0.39 is 0 Å². The second kappa shape index (κ2) is 5.89. The summed E-state index contributed by atoms with van der Waals surface area (Å²) in [5.74, 6) is 0.362. The number of aromatic hydroxyl groups is 1. The van der Waals surface area contributed by atoms with E-state index in [-0.39, 0.29) is 17.3 Å². The molecule has 25 heavy (non-hydrogen) atoms. The third kappa shape index (κ3) is 2.74. The summed E-state index contributed by atoms with van der Waals surface area (Å²) in [6.07, 6.45) is 0. The lowest BCUT2D eigenvalue weighted by atomic mass is 10.0. The molecule has 0 aliphatic carbocycles. The maximum atomic E-state index is 13.0. The van der Waals surface area contributed by atoms with Crippen LogP contribution in [0.1, 0.15) is 21.9 Å². The lowest BCUT2D eigenvalue weighted by Gasteiger charge is -2.00. The summed E-state index contributed by atoms with van der Waals surface area (Å²) in [4.78, 5) is 13.0. The van der Waals surface area contributed by atoms with E-state index in [1.807, 2.05) is 24.3 Å². The Balaban J connectivity index is 1.81. The van der Waals surface area contributed by atoms with Gasteiger partial charge in [0.25, 0.3) is 0 Å². The van der Waals surface area contributed by atoms with Crippen molar-refractivity contribution in [2.75, 3.05) is 0 Å². The number of rotatable bonds is 3.